The predicted molar refractivity (Wildman–Crippen MR) is 81.2 cm³/mol. The maximum Gasteiger partial charge on any atom is 0.274 e. The second kappa shape index (κ2) is 5.33. The Morgan fingerprint density at radius 1 is 1.43 bits per heavy atom. The monoisotopic (exact) mass is 285 g/mol. The highest BCUT2D eigenvalue weighted by Crippen LogP contribution is 2.32. The van der Waals surface area contributed by atoms with Crippen LogP contribution in [-0.4, -0.2) is 9.49 Å². The summed E-state index contributed by atoms with van der Waals surface area (Å²) >= 11 is 0. The molecule has 1 aliphatic rings. The first-order valence-electron chi connectivity index (χ1n) is 7.24. The van der Waals surface area contributed by atoms with Gasteiger partial charge in [-0.05, 0) is 37.8 Å². The Hall–Kier alpha value is -2.14. The van der Waals surface area contributed by atoms with E-state index in [0.717, 1.165) is 30.5 Å². The molecule has 1 aliphatic carbocycles. The highest BCUT2D eigenvalue weighted by atomic mass is 16.6. The van der Waals surface area contributed by atoms with Crippen LogP contribution in [-0.2, 0) is 13.0 Å². The van der Waals surface area contributed by atoms with Gasteiger partial charge in [-0.25, -0.2) is 0 Å². The lowest BCUT2D eigenvalue weighted by Gasteiger charge is -2.21. The highest BCUT2D eigenvalue weighted by Gasteiger charge is 2.23. The molecule has 1 aromatic heterocycles. The van der Waals surface area contributed by atoms with Gasteiger partial charge in [-0.1, -0.05) is 18.2 Å². The maximum absolute atomic E-state index is 11.2. The van der Waals surface area contributed by atoms with Crippen LogP contribution in [0.25, 0.3) is 0 Å². The summed E-state index contributed by atoms with van der Waals surface area (Å²) in [4.78, 5) is 10.8. The van der Waals surface area contributed by atoms with Gasteiger partial charge in [0.2, 0.25) is 0 Å². The van der Waals surface area contributed by atoms with Crippen molar-refractivity contribution in [2.75, 3.05) is 0 Å². The van der Waals surface area contributed by atoms with E-state index in [-0.39, 0.29) is 16.7 Å². The smallest absolute Gasteiger partial charge is 0.274 e. The summed E-state index contributed by atoms with van der Waals surface area (Å²) in [6.45, 7) is 2.57. The van der Waals surface area contributed by atoms with Crippen molar-refractivity contribution < 1.29 is 4.92 Å². The second-order valence-electron chi connectivity index (χ2n) is 5.66. The lowest BCUT2D eigenvalue weighted by Crippen LogP contribution is -2.18. The van der Waals surface area contributed by atoms with Crippen molar-refractivity contribution in [3.8, 4) is 0 Å². The third-order valence-electron chi connectivity index (χ3n) is 4.29. The zero-order valence-corrected chi connectivity index (χ0v) is 12.1. The minimum Gasteiger partial charge on any atom is -0.344 e. The summed E-state index contributed by atoms with van der Waals surface area (Å²) in [6.07, 6.45) is 3.09. The van der Waals surface area contributed by atoms with Gasteiger partial charge in [0.25, 0.3) is 5.69 Å². The molecular formula is C16H19N3O2. The number of para-hydroxylation sites is 1. The molecule has 0 spiro atoms. The second-order valence-corrected chi connectivity index (χ2v) is 5.66. The first kappa shape index (κ1) is 13.8. The predicted octanol–water partition coefficient (Wildman–Crippen LogP) is 3.09. The molecule has 5 heteroatoms. The van der Waals surface area contributed by atoms with Crippen LogP contribution >= 0.6 is 0 Å². The Kier molecular flexibility index (Phi) is 3.51. The molecule has 0 saturated heterocycles. The van der Waals surface area contributed by atoms with Crippen LogP contribution in [0, 0.1) is 17.0 Å². The highest BCUT2D eigenvalue weighted by molar-refractivity contribution is 5.41. The van der Waals surface area contributed by atoms with E-state index in [1.165, 1.54) is 11.3 Å². The summed E-state index contributed by atoms with van der Waals surface area (Å²) in [5.74, 6) is 0. The number of nitro benzene ring substituents is 1. The van der Waals surface area contributed by atoms with Gasteiger partial charge >= 0.3 is 0 Å². The van der Waals surface area contributed by atoms with Crippen LogP contribution in [0.5, 0.6) is 0 Å². The molecule has 21 heavy (non-hydrogen) atoms. The Morgan fingerprint density at radius 3 is 2.95 bits per heavy atom. The average Bonchev–Trinajstić information content (AvgIpc) is 2.78. The Bertz CT molecular complexity index is 691. The quantitative estimate of drug-likeness (QED) is 0.695. The first-order valence-corrected chi connectivity index (χ1v) is 7.24. The van der Waals surface area contributed by atoms with Crippen molar-refractivity contribution in [2.45, 2.75) is 38.8 Å². The van der Waals surface area contributed by atoms with Crippen LogP contribution in [0.3, 0.4) is 0 Å². The van der Waals surface area contributed by atoms with E-state index in [2.05, 4.69) is 10.6 Å². The summed E-state index contributed by atoms with van der Waals surface area (Å²) in [5.41, 5.74) is 10.7. The van der Waals surface area contributed by atoms with Crippen LogP contribution in [0.4, 0.5) is 5.69 Å². The number of nitro groups is 1. The van der Waals surface area contributed by atoms with E-state index in [0.29, 0.717) is 6.54 Å². The van der Waals surface area contributed by atoms with E-state index >= 15 is 0 Å². The number of rotatable bonds is 3. The summed E-state index contributed by atoms with van der Waals surface area (Å²) in [6, 6.07) is 9.17. The summed E-state index contributed by atoms with van der Waals surface area (Å²) in [7, 11) is 0. The zero-order chi connectivity index (χ0) is 15.0. The normalized spacial score (nSPS) is 17.5. The van der Waals surface area contributed by atoms with E-state index in [1.807, 2.05) is 19.1 Å². The number of aryl methyl sites for hydroxylation is 1. The number of hydrogen-bond donors (Lipinski definition) is 1. The van der Waals surface area contributed by atoms with Gasteiger partial charge in [0.15, 0.2) is 0 Å². The Labute approximate surface area is 123 Å². The topological polar surface area (TPSA) is 74.1 Å². The third-order valence-corrected chi connectivity index (χ3v) is 4.29. The average molecular weight is 285 g/mol. The summed E-state index contributed by atoms with van der Waals surface area (Å²) in [5, 5.41) is 11.2. The fourth-order valence-electron chi connectivity index (χ4n) is 3.21. The lowest BCUT2D eigenvalue weighted by molar-refractivity contribution is -0.385. The molecule has 0 amide bonds. The lowest BCUT2D eigenvalue weighted by atomic mass is 9.93. The molecule has 0 bridgehead atoms. The minimum absolute atomic E-state index is 0.0967. The Morgan fingerprint density at radius 2 is 2.19 bits per heavy atom. The molecule has 1 atom stereocenters. The van der Waals surface area contributed by atoms with Crippen molar-refractivity contribution in [1.29, 1.82) is 0 Å². The molecule has 0 radical (unpaired) electrons. The van der Waals surface area contributed by atoms with Gasteiger partial charge in [-0.2, -0.15) is 0 Å². The van der Waals surface area contributed by atoms with E-state index in [1.54, 1.807) is 12.1 Å². The number of benzene rings is 1. The third kappa shape index (κ3) is 2.45. The maximum atomic E-state index is 11.2. The number of nitrogens with two attached hydrogens (primary N) is 1. The fourth-order valence-corrected chi connectivity index (χ4v) is 3.21. The molecule has 0 aliphatic heterocycles. The molecule has 5 nitrogen and oxygen atoms in total. The zero-order valence-electron chi connectivity index (χ0n) is 12.1. The fraction of sp³-hybridized carbons (Fsp3) is 0.375. The van der Waals surface area contributed by atoms with Gasteiger partial charge in [0, 0.05) is 29.1 Å². The van der Waals surface area contributed by atoms with Crippen molar-refractivity contribution in [3.63, 3.8) is 0 Å². The van der Waals surface area contributed by atoms with Gasteiger partial charge in [-0.15, -0.1) is 0 Å². The van der Waals surface area contributed by atoms with E-state index in [9.17, 15) is 10.1 Å². The molecule has 1 unspecified atom stereocenters. The van der Waals surface area contributed by atoms with Gasteiger partial charge in [-0.3, -0.25) is 10.1 Å². The van der Waals surface area contributed by atoms with E-state index in [4.69, 9.17) is 5.73 Å². The molecule has 2 N–H and O–H groups in total. The molecule has 0 saturated carbocycles. The van der Waals surface area contributed by atoms with Gasteiger partial charge in [0.05, 0.1) is 11.5 Å². The number of hydrogen-bond acceptors (Lipinski definition) is 3. The molecular weight excluding hydrogens is 266 g/mol. The van der Waals surface area contributed by atoms with Crippen LogP contribution in [0.1, 0.15) is 41.4 Å². The molecule has 0 fully saturated rings. The van der Waals surface area contributed by atoms with Gasteiger partial charge < -0.3 is 10.3 Å². The van der Waals surface area contributed by atoms with Crippen molar-refractivity contribution in [2.24, 2.45) is 5.73 Å². The summed E-state index contributed by atoms with van der Waals surface area (Å²) < 4.78 is 2.18. The van der Waals surface area contributed by atoms with E-state index < -0.39 is 0 Å². The van der Waals surface area contributed by atoms with Crippen LogP contribution < -0.4 is 5.73 Å². The SMILES string of the molecule is Cc1cc2c(n1Cc1ccccc1[N+](=O)[O-])CCCC2N. The largest absolute Gasteiger partial charge is 0.344 e. The van der Waals surface area contributed by atoms with Crippen LogP contribution in [0.2, 0.25) is 0 Å². The first-order chi connectivity index (χ1) is 10.1. The number of nitrogens with zero attached hydrogens (tertiary/aromatic N) is 2. The van der Waals surface area contributed by atoms with Crippen molar-refractivity contribution >= 4 is 5.69 Å². The number of aromatic nitrogens is 1. The molecule has 1 aromatic carbocycles. The number of fused-ring (bicyclic) bond motifs is 1. The molecule has 2 aromatic rings. The van der Waals surface area contributed by atoms with Gasteiger partial charge in [0.1, 0.15) is 0 Å². The molecule has 110 valence electrons. The van der Waals surface area contributed by atoms with Crippen molar-refractivity contribution in [3.05, 3.63) is 63.0 Å². The molecule has 3 rings (SSSR count). The molecule has 1 heterocycles. The Balaban J connectivity index is 2.02. The standard InChI is InChI=1S/C16H19N3O2/c1-11-9-13-14(17)6-4-8-16(13)18(11)10-12-5-2-3-7-15(12)19(20)21/h2-3,5,7,9,14H,4,6,8,10,17H2,1H3. The van der Waals surface area contributed by atoms with Crippen LogP contribution in [0.15, 0.2) is 30.3 Å². The minimum atomic E-state index is -0.313. The van der Waals surface area contributed by atoms with Crippen molar-refractivity contribution in [1.82, 2.24) is 4.57 Å².